The van der Waals surface area contributed by atoms with Crippen molar-refractivity contribution in [2.24, 2.45) is 9.98 Å². The zero-order chi connectivity index (χ0) is 27.1. The Balaban J connectivity index is 3.30. The third kappa shape index (κ3) is 33.4. The molecule has 1 amide bonds. The molecule has 8 nitrogen and oxygen atoms in total. The number of thioether (sulfide) groups is 7. The first-order chi connectivity index (χ1) is 18.2. The maximum atomic E-state index is 11.9. The van der Waals surface area contributed by atoms with Crippen molar-refractivity contribution in [2.75, 3.05) is 101 Å². The van der Waals surface area contributed by atoms with Gasteiger partial charge in [-0.3, -0.25) is 9.79 Å². The zero-order valence-corrected chi connectivity index (χ0v) is 27.9. The molecule has 0 radical (unpaired) electrons. The average molecular weight is 672 g/mol. The third-order valence-corrected chi connectivity index (χ3v) is 12.3. The van der Waals surface area contributed by atoms with Gasteiger partial charge >= 0.3 is 0 Å². The zero-order valence-electron chi connectivity index (χ0n) is 21.4. The van der Waals surface area contributed by atoms with Crippen molar-refractivity contribution in [3.05, 3.63) is 0 Å². The number of nitrogens with zero attached hydrogens (tertiary/aromatic N) is 2. The predicted molar refractivity (Wildman–Crippen MR) is 180 cm³/mol. The van der Waals surface area contributed by atoms with Crippen molar-refractivity contribution in [3.63, 3.8) is 0 Å². The van der Waals surface area contributed by atoms with Crippen LogP contribution < -0.4 is 5.32 Å². The fourth-order valence-electron chi connectivity index (χ4n) is 1.95. The van der Waals surface area contributed by atoms with E-state index in [1.165, 1.54) is 18.2 Å². The maximum Gasteiger partial charge on any atom is 0.279 e. The molecular weight excluding hydrogens is 631 g/mol. The molecule has 0 aliphatic rings. The van der Waals surface area contributed by atoms with E-state index in [4.69, 9.17) is 14.9 Å². The van der Waals surface area contributed by atoms with Crippen LogP contribution in [0.15, 0.2) is 9.98 Å². The van der Waals surface area contributed by atoms with Crippen molar-refractivity contribution >= 4 is 111 Å². The van der Waals surface area contributed by atoms with Crippen LogP contribution in [-0.4, -0.2) is 127 Å². The average Bonchev–Trinajstić information content (AvgIpc) is 2.89. The van der Waals surface area contributed by atoms with Crippen LogP contribution in [0.3, 0.4) is 0 Å². The highest BCUT2D eigenvalue weighted by atomic mass is 32.2. The second-order valence-electron chi connectivity index (χ2n) is 6.49. The molecule has 1 unspecified atom stereocenters. The van der Waals surface area contributed by atoms with Crippen LogP contribution in [0.2, 0.25) is 0 Å². The van der Waals surface area contributed by atoms with Crippen LogP contribution in [0.5, 0.6) is 0 Å². The number of carbonyl (C=O) groups excluding carboxylic acids is 1. The van der Waals surface area contributed by atoms with E-state index in [0.29, 0.717) is 31.2 Å². The minimum absolute atomic E-state index is 0.0390. The minimum Gasteiger partial charge on any atom is -0.611 e. The highest BCUT2D eigenvalue weighted by Gasteiger charge is 2.04. The first-order valence-corrected chi connectivity index (χ1v) is 21.1. The third-order valence-electron chi connectivity index (χ3n) is 3.60. The highest BCUT2D eigenvalue weighted by molar-refractivity contribution is 8.18. The Kier molecular flexibility index (Phi) is 34.7. The summed E-state index contributed by atoms with van der Waals surface area (Å²) in [5.41, 5.74) is 1.59. The smallest absolute Gasteiger partial charge is 0.279 e. The molecule has 0 aliphatic carbocycles. The molecule has 0 heterocycles. The first kappa shape index (κ1) is 38.3. The molecule has 0 aromatic rings. The molecule has 37 heavy (non-hydrogen) atoms. The van der Waals surface area contributed by atoms with Crippen LogP contribution in [0, 0.1) is 0 Å². The van der Waals surface area contributed by atoms with E-state index >= 15 is 0 Å². The Hall–Kier alpha value is 1.29. The van der Waals surface area contributed by atoms with E-state index in [1.54, 1.807) is 52.6 Å². The van der Waals surface area contributed by atoms with Gasteiger partial charge in [0.05, 0.1) is 19.7 Å². The van der Waals surface area contributed by atoms with Crippen molar-refractivity contribution in [1.82, 2.24) is 5.32 Å². The Morgan fingerprint density at radius 1 is 0.919 bits per heavy atom. The summed E-state index contributed by atoms with van der Waals surface area (Å²) in [6.07, 6.45) is 1.32. The number of amides is 1. The normalized spacial score (nSPS) is 12.5. The fraction of sp³-hybridized carbons (Fsp3) is 0.857. The van der Waals surface area contributed by atoms with Crippen LogP contribution in [-0.2, 0) is 21.0 Å². The number of carbonyl (C=O) groups is 1. The molecule has 0 fully saturated rings. The summed E-state index contributed by atoms with van der Waals surface area (Å²) < 4.78 is 11.8. The predicted octanol–water partition coefficient (Wildman–Crippen LogP) is 4.51. The number of aliphatic imine (C=N–C) groups is 2. The molecule has 2 N–H and O–H groups in total. The van der Waals surface area contributed by atoms with Gasteiger partial charge in [-0.05, 0) is 16.9 Å². The quantitative estimate of drug-likeness (QED) is 0.0232. The molecule has 1 atom stereocenters. The summed E-state index contributed by atoms with van der Waals surface area (Å²) in [5.74, 6) is 8.60. The second kappa shape index (κ2) is 33.5. The number of aliphatic hydroxyl groups is 1. The monoisotopic (exact) mass is 671 g/mol. The van der Waals surface area contributed by atoms with E-state index in [9.17, 15) is 9.35 Å². The van der Waals surface area contributed by atoms with Crippen LogP contribution in [0.4, 0.5) is 4.79 Å². The van der Waals surface area contributed by atoms with E-state index in [-0.39, 0.29) is 11.8 Å². The number of nitrogens with one attached hydrogen (secondary N) is 1. The van der Waals surface area contributed by atoms with Gasteiger partial charge in [0.2, 0.25) is 11.9 Å². The van der Waals surface area contributed by atoms with Crippen molar-refractivity contribution in [2.45, 2.75) is 6.92 Å². The molecule has 0 aliphatic heterocycles. The molecule has 218 valence electrons. The summed E-state index contributed by atoms with van der Waals surface area (Å²) in [6.45, 7) is 4.87. The largest absolute Gasteiger partial charge is 0.611 e. The Morgan fingerprint density at radius 2 is 1.65 bits per heavy atom. The van der Waals surface area contributed by atoms with Gasteiger partial charge in [0.1, 0.15) is 12.4 Å². The maximum absolute atomic E-state index is 11.9. The van der Waals surface area contributed by atoms with Crippen LogP contribution >= 0.6 is 82.3 Å². The lowest BCUT2D eigenvalue weighted by Crippen LogP contribution is -2.22. The lowest BCUT2D eigenvalue weighted by atomic mass is 10.8. The first-order valence-electron chi connectivity index (χ1n) is 11.8. The van der Waals surface area contributed by atoms with Crippen molar-refractivity contribution < 1.29 is 24.2 Å². The summed E-state index contributed by atoms with van der Waals surface area (Å²) in [6, 6.07) is 0. The number of hydrogen-bond donors (Lipinski definition) is 2. The Bertz CT molecular complexity index is 556. The van der Waals surface area contributed by atoms with Gasteiger partial charge in [0.25, 0.3) is 5.24 Å². The molecule has 0 aromatic carbocycles. The van der Waals surface area contributed by atoms with E-state index in [2.05, 4.69) is 22.2 Å². The minimum atomic E-state index is -0.962. The van der Waals surface area contributed by atoms with E-state index in [1.807, 2.05) is 23.5 Å². The molecular formula is C21H41N3O5S8. The van der Waals surface area contributed by atoms with E-state index in [0.717, 1.165) is 62.7 Å². The van der Waals surface area contributed by atoms with Crippen molar-refractivity contribution in [1.29, 1.82) is 0 Å². The summed E-state index contributed by atoms with van der Waals surface area (Å²) in [5, 5.41) is 13.5. The molecule has 0 rings (SSSR count). The van der Waals surface area contributed by atoms with Gasteiger partial charge in [0, 0.05) is 62.7 Å². The summed E-state index contributed by atoms with van der Waals surface area (Å²) >= 11 is 11.0. The second-order valence-corrected chi connectivity index (χ2v) is 16.7. The van der Waals surface area contributed by atoms with Crippen LogP contribution in [0.25, 0.3) is 0 Å². The lowest BCUT2D eigenvalue weighted by molar-refractivity contribution is -0.210. The molecule has 0 saturated heterocycles. The standard InChI is InChI=1S/C21H41N3O5S8/c1-2-30-8-4-23-18-37(27)16-15-35-20-34-13-14-36-21(26)24-5-10-33-19-32-9-3-22-17-29-28-7-12-31-11-6-25/h17-18,25H,2-16,19-20H2,1H3,(H,24,26)/b22-17+,23-18+. The van der Waals surface area contributed by atoms with Crippen LogP contribution in [0.1, 0.15) is 6.92 Å². The number of hydrogen-bond acceptors (Lipinski definition) is 14. The number of aliphatic hydroxyl groups excluding tert-OH is 1. The van der Waals surface area contributed by atoms with Gasteiger partial charge in [0.15, 0.2) is 0 Å². The lowest BCUT2D eigenvalue weighted by Gasteiger charge is -2.06. The van der Waals surface area contributed by atoms with Gasteiger partial charge in [-0.2, -0.15) is 40.2 Å². The molecule has 0 aromatic heterocycles. The topological polar surface area (TPSA) is 116 Å². The van der Waals surface area contributed by atoms with Gasteiger partial charge in [-0.25, -0.2) is 4.99 Å². The van der Waals surface area contributed by atoms with Crippen molar-refractivity contribution in [3.8, 4) is 0 Å². The molecule has 0 bridgehead atoms. The van der Waals surface area contributed by atoms with Gasteiger partial charge < -0.3 is 19.9 Å². The Labute approximate surface area is 255 Å². The fourth-order valence-corrected chi connectivity index (χ4v) is 9.00. The Morgan fingerprint density at radius 3 is 2.46 bits per heavy atom. The molecule has 0 saturated carbocycles. The SMILES string of the molecule is CCSCC/N=C/[S+]([O-])CCSCSCCSC(=O)NCCSCSCC/N=C/OOCCSCCO. The summed E-state index contributed by atoms with van der Waals surface area (Å²) in [7, 11) is 0. The molecule has 0 spiro atoms. The van der Waals surface area contributed by atoms with Gasteiger partial charge in [-0.1, -0.05) is 18.7 Å². The highest BCUT2D eigenvalue weighted by Crippen LogP contribution is 2.15. The summed E-state index contributed by atoms with van der Waals surface area (Å²) in [4.78, 5) is 30.0. The number of rotatable bonds is 28. The van der Waals surface area contributed by atoms with E-state index < -0.39 is 11.2 Å². The molecule has 16 heteroatoms. The van der Waals surface area contributed by atoms with Gasteiger partial charge in [-0.15, -0.1) is 35.3 Å².